The van der Waals surface area contributed by atoms with Gasteiger partial charge in [0.1, 0.15) is 6.07 Å². The monoisotopic (exact) mass is 92.0 g/mol. The van der Waals surface area contributed by atoms with E-state index in [4.69, 9.17) is 10.7 Å². The van der Waals surface area contributed by atoms with Crippen molar-refractivity contribution in [1.29, 1.82) is 5.26 Å². The summed E-state index contributed by atoms with van der Waals surface area (Å²) in [6, 6.07) is 1.53. The Morgan fingerprint density at radius 1 is 1.86 bits per heavy atom. The number of rotatable bonds is 1. The maximum absolute atomic E-state index is 7.88. The zero-order valence-corrected chi connectivity index (χ0v) is 3.55. The lowest BCUT2D eigenvalue weighted by atomic mass is 10.6. The van der Waals surface area contributed by atoms with Crippen molar-refractivity contribution >= 4 is 12.6 Å². The third-order valence-electron chi connectivity index (χ3n) is 0.370. The van der Waals surface area contributed by atoms with Crippen molar-refractivity contribution in [2.45, 2.75) is 0 Å². The Hall–Kier alpha value is -1.39. The third-order valence-corrected chi connectivity index (χ3v) is 0.370. The van der Waals surface area contributed by atoms with Gasteiger partial charge in [0.15, 0.2) is 5.70 Å². The minimum absolute atomic E-state index is 0.194. The van der Waals surface area contributed by atoms with Crippen molar-refractivity contribution in [1.82, 2.24) is 0 Å². The van der Waals surface area contributed by atoms with Gasteiger partial charge in [-0.1, -0.05) is 0 Å². The maximum atomic E-state index is 7.88. The van der Waals surface area contributed by atoms with Crippen molar-refractivity contribution in [3.63, 3.8) is 0 Å². The first kappa shape index (κ1) is 5.61. The Kier molecular flexibility index (Phi) is 2.27. The Balaban J connectivity index is 4.24. The Labute approximate surface area is 41.1 Å². The van der Waals surface area contributed by atoms with Gasteiger partial charge in [-0.05, 0) is 6.72 Å². The van der Waals surface area contributed by atoms with E-state index in [0.29, 0.717) is 0 Å². The molecule has 34 valence electrons. The molecule has 0 spiro atoms. The molecule has 3 heteroatoms. The van der Waals surface area contributed by atoms with Crippen LogP contribution in [0.5, 0.6) is 0 Å². The molecule has 0 aromatic carbocycles. The average molecular weight is 92.1 g/mol. The molecule has 0 bridgehead atoms. The molecule has 0 amide bonds. The second kappa shape index (κ2) is 2.83. The standard InChI is InChI=1S/C4H2N3/c1-7-4(2-5)3-6/h1H2/q-1. The van der Waals surface area contributed by atoms with Crippen LogP contribution in [-0.2, 0) is 0 Å². The number of allylic oxidation sites excluding steroid dienone is 1. The molecule has 0 N–H and O–H groups in total. The van der Waals surface area contributed by atoms with Gasteiger partial charge < -0.3 is 5.41 Å². The number of nitriles is 1. The Morgan fingerprint density at radius 3 is 2.43 bits per heavy atom. The van der Waals surface area contributed by atoms with Crippen molar-refractivity contribution in [3.05, 3.63) is 11.1 Å². The summed E-state index contributed by atoms with van der Waals surface area (Å²) in [4.78, 5) is 3.07. The topological polar surface area (TPSA) is 58.4 Å². The third kappa shape index (κ3) is 1.48. The minimum Gasteiger partial charge on any atom is -0.761 e. The molecular weight excluding hydrogens is 90.1 g/mol. The summed E-state index contributed by atoms with van der Waals surface area (Å²) >= 11 is 0. The van der Waals surface area contributed by atoms with Crippen LogP contribution in [0.15, 0.2) is 10.7 Å². The zero-order valence-electron chi connectivity index (χ0n) is 3.55. The number of hydrogen-bond donors (Lipinski definition) is 0. The van der Waals surface area contributed by atoms with E-state index >= 15 is 0 Å². The highest BCUT2D eigenvalue weighted by atomic mass is 14.7. The fourth-order valence-electron chi connectivity index (χ4n) is 0.0957. The lowest BCUT2D eigenvalue weighted by Crippen LogP contribution is -1.65. The molecule has 0 heterocycles. The molecule has 0 saturated heterocycles. The van der Waals surface area contributed by atoms with Crippen LogP contribution in [0, 0.1) is 11.3 Å². The van der Waals surface area contributed by atoms with Crippen molar-refractivity contribution < 1.29 is 0 Å². The molecule has 0 aliphatic heterocycles. The van der Waals surface area contributed by atoms with E-state index in [1.54, 1.807) is 0 Å². The molecule has 0 radical (unpaired) electrons. The van der Waals surface area contributed by atoms with E-state index in [0.717, 1.165) is 0 Å². The summed E-state index contributed by atoms with van der Waals surface area (Å²) < 4.78 is 0. The van der Waals surface area contributed by atoms with Gasteiger partial charge in [-0.25, -0.2) is 10.9 Å². The van der Waals surface area contributed by atoms with E-state index in [2.05, 4.69) is 11.7 Å². The molecule has 0 aromatic rings. The van der Waals surface area contributed by atoms with Gasteiger partial charge in [0.05, 0.1) is 0 Å². The highest BCUT2D eigenvalue weighted by Gasteiger charge is 1.73. The van der Waals surface area contributed by atoms with Gasteiger partial charge in [0.2, 0.25) is 0 Å². The summed E-state index contributed by atoms with van der Waals surface area (Å²) in [5.74, 6) is 1.53. The largest absolute Gasteiger partial charge is 0.761 e. The minimum atomic E-state index is -0.194. The van der Waals surface area contributed by atoms with Crippen LogP contribution < -0.4 is 0 Å². The van der Waals surface area contributed by atoms with Crippen LogP contribution in [0.1, 0.15) is 0 Å². The average Bonchev–Trinajstić information content (AvgIpc) is 1.72. The van der Waals surface area contributed by atoms with E-state index in [1.165, 1.54) is 11.9 Å². The van der Waals surface area contributed by atoms with E-state index in [-0.39, 0.29) is 5.70 Å². The molecule has 3 nitrogen and oxygen atoms in total. The van der Waals surface area contributed by atoms with Gasteiger partial charge in [-0.2, -0.15) is 5.26 Å². The lowest BCUT2D eigenvalue weighted by molar-refractivity contribution is 1.43. The highest BCUT2D eigenvalue weighted by Crippen LogP contribution is 1.80. The molecule has 0 aromatic heterocycles. The molecule has 0 aliphatic carbocycles. The number of nitrogens with zero attached hydrogens (tertiary/aromatic N) is 3. The molecule has 0 rings (SSSR count). The van der Waals surface area contributed by atoms with Crippen molar-refractivity contribution in [2.75, 3.05) is 0 Å². The maximum Gasteiger partial charge on any atom is 0.158 e. The van der Waals surface area contributed by atoms with Gasteiger partial charge in [0.25, 0.3) is 0 Å². The smallest absolute Gasteiger partial charge is 0.158 e. The van der Waals surface area contributed by atoms with Gasteiger partial charge in [-0.3, -0.25) is 0 Å². The SMILES string of the molecule is C=NC(=C=[N-])C#N. The molecule has 0 fully saturated rings. The molecule has 7 heavy (non-hydrogen) atoms. The van der Waals surface area contributed by atoms with Crippen LogP contribution >= 0.6 is 0 Å². The van der Waals surface area contributed by atoms with Crippen LogP contribution in [-0.4, -0.2) is 12.6 Å². The van der Waals surface area contributed by atoms with Gasteiger partial charge in [0, 0.05) is 0 Å². The van der Waals surface area contributed by atoms with Crippen molar-refractivity contribution in [3.8, 4) is 6.07 Å². The van der Waals surface area contributed by atoms with E-state index in [1.807, 2.05) is 0 Å². The normalized spacial score (nSPS) is 5.57. The van der Waals surface area contributed by atoms with Crippen molar-refractivity contribution in [2.24, 2.45) is 4.99 Å². The number of aliphatic imine (C=N–C) groups is 1. The summed E-state index contributed by atoms with van der Waals surface area (Å²) in [6.07, 6.45) is 0. The fraction of sp³-hybridized carbons (Fsp3) is 0. The first-order valence-electron chi connectivity index (χ1n) is 1.49. The second-order valence-corrected chi connectivity index (χ2v) is 0.730. The highest BCUT2D eigenvalue weighted by molar-refractivity contribution is 5.66. The second-order valence-electron chi connectivity index (χ2n) is 0.730. The number of hydrogen-bond acceptors (Lipinski definition) is 2. The van der Waals surface area contributed by atoms with Crippen LogP contribution in [0.4, 0.5) is 0 Å². The first-order valence-corrected chi connectivity index (χ1v) is 1.49. The molecule has 0 unspecified atom stereocenters. The molecule has 0 aliphatic rings. The van der Waals surface area contributed by atoms with Crippen LogP contribution in [0.3, 0.4) is 0 Å². The van der Waals surface area contributed by atoms with E-state index in [9.17, 15) is 0 Å². The van der Waals surface area contributed by atoms with Gasteiger partial charge >= 0.3 is 0 Å². The Bertz CT molecular complexity index is 156. The first-order chi connectivity index (χ1) is 3.35. The summed E-state index contributed by atoms with van der Waals surface area (Å²) in [5, 5.41) is 15.8. The summed E-state index contributed by atoms with van der Waals surface area (Å²) in [5.41, 5.74) is -0.194. The predicted octanol–water partition coefficient (Wildman–Crippen LogP) is 0.334. The Morgan fingerprint density at radius 2 is 2.43 bits per heavy atom. The quantitative estimate of drug-likeness (QED) is 0.339. The van der Waals surface area contributed by atoms with Gasteiger partial charge in [-0.15, -0.1) is 0 Å². The van der Waals surface area contributed by atoms with E-state index < -0.39 is 0 Å². The fourth-order valence-corrected chi connectivity index (χ4v) is 0.0957. The molecule has 0 atom stereocenters. The molecular formula is C4H2N3-. The van der Waals surface area contributed by atoms with Crippen LogP contribution in [0.2, 0.25) is 0 Å². The summed E-state index contributed by atoms with van der Waals surface area (Å²) in [7, 11) is 0. The lowest BCUT2D eigenvalue weighted by Gasteiger charge is -1.75. The van der Waals surface area contributed by atoms with Crippen LogP contribution in [0.25, 0.3) is 5.41 Å². The zero-order chi connectivity index (χ0) is 5.70. The predicted molar refractivity (Wildman–Crippen MR) is 27.0 cm³/mol. The molecule has 0 saturated carbocycles. The summed E-state index contributed by atoms with van der Waals surface area (Å²) in [6.45, 7) is 2.97.